The molecule has 0 saturated carbocycles. The highest BCUT2D eigenvalue weighted by Gasteiger charge is 2.04. The van der Waals surface area contributed by atoms with E-state index in [0.717, 1.165) is 19.4 Å². The summed E-state index contributed by atoms with van der Waals surface area (Å²) in [6, 6.07) is 8.90. The summed E-state index contributed by atoms with van der Waals surface area (Å²) < 4.78 is 5.42. The van der Waals surface area contributed by atoms with Gasteiger partial charge in [0.15, 0.2) is 0 Å². The lowest BCUT2D eigenvalue weighted by molar-refractivity contribution is 0.106. The number of benzene rings is 1. The van der Waals surface area contributed by atoms with Gasteiger partial charge in [-0.3, -0.25) is 0 Å². The van der Waals surface area contributed by atoms with Crippen molar-refractivity contribution in [2.75, 3.05) is 19.7 Å². The summed E-state index contributed by atoms with van der Waals surface area (Å²) in [5.41, 5.74) is 0.601. The third kappa shape index (κ3) is 5.67. The third-order valence-electron chi connectivity index (χ3n) is 2.51. The Hall–Kier alpha value is -1.57. The second-order valence-electron chi connectivity index (χ2n) is 4.16. The molecule has 1 aromatic rings. The number of unbranched alkanes of at least 4 members (excludes halogenated alkanes) is 1. The molecule has 2 N–H and O–H groups in total. The van der Waals surface area contributed by atoms with Gasteiger partial charge >= 0.3 is 0 Å². The number of ether oxygens (including phenoxy) is 1. The van der Waals surface area contributed by atoms with Crippen LogP contribution in [-0.4, -0.2) is 30.9 Å². The maximum absolute atomic E-state index is 9.67. The van der Waals surface area contributed by atoms with Crippen molar-refractivity contribution in [1.82, 2.24) is 5.32 Å². The topological polar surface area (TPSA) is 65.3 Å². The second kappa shape index (κ2) is 8.51. The smallest absolute Gasteiger partial charge is 0.119 e. The molecule has 0 heterocycles. The van der Waals surface area contributed by atoms with Crippen molar-refractivity contribution in [3.8, 4) is 11.8 Å². The monoisotopic (exact) mass is 248 g/mol. The molecule has 1 rings (SSSR count). The standard InChI is InChI=1S/C14H20N2O2/c1-2-3-8-16-10-13(17)11-18-14-6-4-12(9-15)5-7-14/h4-7,13,16-17H,2-3,8,10-11H2,1H3. The highest BCUT2D eigenvalue weighted by molar-refractivity contribution is 5.34. The van der Waals surface area contributed by atoms with Crippen molar-refractivity contribution in [3.05, 3.63) is 29.8 Å². The van der Waals surface area contributed by atoms with Gasteiger partial charge in [0.2, 0.25) is 0 Å². The van der Waals surface area contributed by atoms with Crippen molar-refractivity contribution in [2.45, 2.75) is 25.9 Å². The van der Waals surface area contributed by atoms with Crippen LogP contribution < -0.4 is 10.1 Å². The van der Waals surface area contributed by atoms with Crippen LogP contribution in [0.25, 0.3) is 0 Å². The van der Waals surface area contributed by atoms with E-state index in [9.17, 15) is 5.11 Å². The van der Waals surface area contributed by atoms with Gasteiger partial charge < -0.3 is 15.2 Å². The molecule has 0 fully saturated rings. The Morgan fingerprint density at radius 2 is 2.11 bits per heavy atom. The van der Waals surface area contributed by atoms with Crippen molar-refractivity contribution in [3.63, 3.8) is 0 Å². The van der Waals surface area contributed by atoms with Gasteiger partial charge in [-0.2, -0.15) is 5.26 Å². The second-order valence-corrected chi connectivity index (χ2v) is 4.16. The van der Waals surface area contributed by atoms with E-state index in [2.05, 4.69) is 12.2 Å². The van der Waals surface area contributed by atoms with Gasteiger partial charge in [-0.15, -0.1) is 0 Å². The number of nitriles is 1. The molecule has 4 nitrogen and oxygen atoms in total. The van der Waals surface area contributed by atoms with Crippen LogP contribution in [0.1, 0.15) is 25.3 Å². The molecule has 4 heteroatoms. The highest BCUT2D eigenvalue weighted by atomic mass is 16.5. The molecule has 0 aliphatic rings. The molecule has 0 spiro atoms. The molecule has 1 atom stereocenters. The number of aliphatic hydroxyl groups is 1. The van der Waals surface area contributed by atoms with E-state index in [1.165, 1.54) is 0 Å². The molecule has 98 valence electrons. The summed E-state index contributed by atoms with van der Waals surface area (Å²) >= 11 is 0. The maximum atomic E-state index is 9.67. The lowest BCUT2D eigenvalue weighted by Crippen LogP contribution is -2.31. The molecule has 0 radical (unpaired) electrons. The summed E-state index contributed by atoms with van der Waals surface area (Å²) in [6.07, 6.45) is 1.74. The third-order valence-corrected chi connectivity index (χ3v) is 2.51. The van der Waals surface area contributed by atoms with Crippen LogP contribution in [0.15, 0.2) is 24.3 Å². The first-order valence-corrected chi connectivity index (χ1v) is 6.28. The molecule has 0 aliphatic heterocycles. The zero-order valence-electron chi connectivity index (χ0n) is 10.7. The number of nitrogens with one attached hydrogen (secondary N) is 1. The first kappa shape index (κ1) is 14.5. The molecule has 0 saturated heterocycles. The normalized spacial score (nSPS) is 11.8. The fraction of sp³-hybridized carbons (Fsp3) is 0.500. The maximum Gasteiger partial charge on any atom is 0.119 e. The first-order valence-electron chi connectivity index (χ1n) is 6.28. The predicted octanol–water partition coefficient (Wildman–Crippen LogP) is 1.69. The molecule has 0 aliphatic carbocycles. The molecule has 0 amide bonds. The predicted molar refractivity (Wildman–Crippen MR) is 70.4 cm³/mol. The fourth-order valence-electron chi connectivity index (χ4n) is 1.45. The van der Waals surface area contributed by atoms with E-state index in [0.29, 0.717) is 17.9 Å². The Bertz CT molecular complexity index is 370. The van der Waals surface area contributed by atoms with E-state index in [-0.39, 0.29) is 6.61 Å². The van der Waals surface area contributed by atoms with Crippen LogP contribution >= 0.6 is 0 Å². The Kier molecular flexibility index (Phi) is 6.85. The van der Waals surface area contributed by atoms with Gasteiger partial charge in [-0.25, -0.2) is 0 Å². The molecule has 1 aromatic carbocycles. The minimum Gasteiger partial charge on any atom is -0.491 e. The number of hydrogen-bond donors (Lipinski definition) is 2. The van der Waals surface area contributed by atoms with Crippen molar-refractivity contribution >= 4 is 0 Å². The minimum atomic E-state index is -0.516. The van der Waals surface area contributed by atoms with Crippen molar-refractivity contribution in [1.29, 1.82) is 5.26 Å². The first-order chi connectivity index (χ1) is 8.76. The Morgan fingerprint density at radius 1 is 1.39 bits per heavy atom. The van der Waals surface area contributed by atoms with Crippen molar-refractivity contribution in [2.24, 2.45) is 0 Å². The van der Waals surface area contributed by atoms with Gasteiger partial charge in [0.1, 0.15) is 18.5 Å². The van der Waals surface area contributed by atoms with Crippen LogP contribution in [0.2, 0.25) is 0 Å². The van der Waals surface area contributed by atoms with Gasteiger partial charge in [0.25, 0.3) is 0 Å². The fourth-order valence-corrected chi connectivity index (χ4v) is 1.45. The average molecular weight is 248 g/mol. The number of nitrogens with zero attached hydrogens (tertiary/aromatic N) is 1. The quantitative estimate of drug-likeness (QED) is 0.687. The van der Waals surface area contributed by atoms with E-state index in [1.807, 2.05) is 6.07 Å². The highest BCUT2D eigenvalue weighted by Crippen LogP contribution is 2.11. The van der Waals surface area contributed by atoms with Gasteiger partial charge in [-0.05, 0) is 37.2 Å². The Morgan fingerprint density at radius 3 is 2.72 bits per heavy atom. The van der Waals surface area contributed by atoms with Crippen LogP contribution in [0.4, 0.5) is 0 Å². The van der Waals surface area contributed by atoms with Crippen LogP contribution in [-0.2, 0) is 0 Å². The number of hydrogen-bond acceptors (Lipinski definition) is 4. The molecule has 18 heavy (non-hydrogen) atoms. The number of rotatable bonds is 8. The average Bonchev–Trinajstić information content (AvgIpc) is 2.42. The Balaban J connectivity index is 2.21. The van der Waals surface area contributed by atoms with Crippen molar-refractivity contribution < 1.29 is 9.84 Å². The van der Waals surface area contributed by atoms with E-state index < -0.39 is 6.10 Å². The zero-order valence-corrected chi connectivity index (χ0v) is 10.7. The zero-order chi connectivity index (χ0) is 13.2. The lowest BCUT2D eigenvalue weighted by atomic mass is 10.2. The van der Waals surface area contributed by atoms with E-state index in [1.54, 1.807) is 24.3 Å². The summed E-state index contributed by atoms with van der Waals surface area (Å²) in [5, 5.41) is 21.5. The SMILES string of the molecule is CCCCNCC(O)COc1ccc(C#N)cc1. The molecular weight excluding hydrogens is 228 g/mol. The molecular formula is C14H20N2O2. The van der Waals surface area contributed by atoms with Gasteiger partial charge in [0, 0.05) is 6.54 Å². The molecule has 1 unspecified atom stereocenters. The minimum absolute atomic E-state index is 0.255. The summed E-state index contributed by atoms with van der Waals surface area (Å²) in [5.74, 6) is 0.668. The lowest BCUT2D eigenvalue weighted by Gasteiger charge is -2.13. The summed E-state index contributed by atoms with van der Waals surface area (Å²) in [7, 11) is 0. The largest absolute Gasteiger partial charge is 0.491 e. The summed E-state index contributed by atoms with van der Waals surface area (Å²) in [4.78, 5) is 0. The molecule has 0 bridgehead atoms. The van der Waals surface area contributed by atoms with Crippen LogP contribution in [0.3, 0.4) is 0 Å². The summed E-state index contributed by atoms with van der Waals surface area (Å²) in [6.45, 7) is 3.85. The van der Waals surface area contributed by atoms with Gasteiger partial charge in [-0.1, -0.05) is 13.3 Å². The van der Waals surface area contributed by atoms with E-state index in [4.69, 9.17) is 10.00 Å². The van der Waals surface area contributed by atoms with Crippen LogP contribution in [0, 0.1) is 11.3 Å². The van der Waals surface area contributed by atoms with Gasteiger partial charge in [0.05, 0.1) is 11.6 Å². The van der Waals surface area contributed by atoms with Crippen LogP contribution in [0.5, 0.6) is 5.75 Å². The number of aliphatic hydroxyl groups excluding tert-OH is 1. The Labute approximate surface area is 108 Å². The van der Waals surface area contributed by atoms with E-state index >= 15 is 0 Å². The molecule has 0 aromatic heterocycles.